The van der Waals surface area contributed by atoms with Crippen molar-refractivity contribution in [3.63, 3.8) is 0 Å². The summed E-state index contributed by atoms with van der Waals surface area (Å²) in [4.78, 5) is 21.8. The van der Waals surface area contributed by atoms with Crippen molar-refractivity contribution in [2.75, 3.05) is 20.2 Å². The summed E-state index contributed by atoms with van der Waals surface area (Å²) < 4.78 is 6.36. The lowest BCUT2D eigenvalue weighted by Gasteiger charge is -2.22. The summed E-state index contributed by atoms with van der Waals surface area (Å²) in [6, 6.07) is 12.3. The topological polar surface area (TPSA) is 88.2 Å². The number of carbonyl (C=O) groups is 1. The van der Waals surface area contributed by atoms with Gasteiger partial charge in [-0.05, 0) is 54.2 Å². The van der Waals surface area contributed by atoms with Gasteiger partial charge in [-0.2, -0.15) is 0 Å². The van der Waals surface area contributed by atoms with Crippen molar-refractivity contribution in [1.29, 1.82) is 0 Å². The van der Waals surface area contributed by atoms with Gasteiger partial charge >= 0.3 is 6.09 Å². The molecule has 1 amide bonds. The fraction of sp³-hybridized carbons (Fsp3) is 0.240. The first-order chi connectivity index (χ1) is 15.6. The molecule has 0 radical (unpaired) electrons. The van der Waals surface area contributed by atoms with Gasteiger partial charge in [0.15, 0.2) is 0 Å². The molecule has 2 aromatic heterocycles. The van der Waals surface area contributed by atoms with Crippen LogP contribution in [0.5, 0.6) is 0 Å². The van der Waals surface area contributed by atoms with Crippen molar-refractivity contribution in [2.45, 2.75) is 19.3 Å². The monoisotopic (exact) mass is 429 g/mol. The zero-order valence-corrected chi connectivity index (χ0v) is 17.7. The van der Waals surface area contributed by atoms with E-state index in [4.69, 9.17) is 9.25 Å². The van der Waals surface area contributed by atoms with E-state index in [1.165, 1.54) is 10.5 Å². The van der Waals surface area contributed by atoms with Crippen LogP contribution >= 0.6 is 0 Å². The van der Waals surface area contributed by atoms with Gasteiger partial charge in [0.25, 0.3) is 0 Å². The molecule has 3 aromatic rings. The quantitative estimate of drug-likeness (QED) is 0.585. The molecule has 162 valence electrons. The van der Waals surface area contributed by atoms with E-state index in [0.29, 0.717) is 19.5 Å². The fourth-order valence-corrected chi connectivity index (χ4v) is 4.39. The number of hydrogen-bond donors (Lipinski definition) is 1. The largest absolute Gasteiger partial charge is 0.465 e. The average molecular weight is 429 g/mol. The third-order valence-electron chi connectivity index (χ3n) is 6.03. The molecule has 0 atom stereocenters. The summed E-state index contributed by atoms with van der Waals surface area (Å²) in [5.74, 6) is 1.56. The van der Waals surface area contributed by atoms with E-state index in [-0.39, 0.29) is 0 Å². The van der Waals surface area contributed by atoms with Gasteiger partial charge in [-0.1, -0.05) is 29.4 Å². The van der Waals surface area contributed by atoms with E-state index >= 15 is 0 Å². The van der Waals surface area contributed by atoms with Crippen molar-refractivity contribution < 1.29 is 19.2 Å². The molecule has 1 aromatic carbocycles. The molecule has 7 nitrogen and oxygen atoms in total. The minimum Gasteiger partial charge on any atom is -0.465 e. The van der Waals surface area contributed by atoms with Crippen molar-refractivity contribution in [3.05, 3.63) is 71.8 Å². The van der Waals surface area contributed by atoms with E-state index in [2.05, 4.69) is 34.4 Å². The first-order valence-corrected chi connectivity index (χ1v) is 10.6. The zero-order chi connectivity index (χ0) is 22.1. The normalized spacial score (nSPS) is 16.7. The van der Waals surface area contributed by atoms with Crippen LogP contribution < -0.4 is 0 Å². The molecule has 0 fully saturated rings. The molecule has 0 bridgehead atoms. The summed E-state index contributed by atoms with van der Waals surface area (Å²) in [5, 5.41) is 13.4. The number of carboxylic acid groups (broad SMARTS) is 1. The summed E-state index contributed by atoms with van der Waals surface area (Å²) in [5.41, 5.74) is 7.42. The molecular weight excluding hydrogens is 406 g/mol. The Kier molecular flexibility index (Phi) is 5.23. The predicted molar refractivity (Wildman–Crippen MR) is 121 cm³/mol. The number of aromatic nitrogens is 1. The second-order valence-electron chi connectivity index (χ2n) is 7.89. The number of nitrogens with zero attached hydrogens (tertiary/aromatic N) is 3. The molecule has 5 rings (SSSR count). The van der Waals surface area contributed by atoms with Crippen molar-refractivity contribution in [3.8, 4) is 22.5 Å². The highest BCUT2D eigenvalue weighted by Gasteiger charge is 2.24. The van der Waals surface area contributed by atoms with E-state index in [0.717, 1.165) is 57.9 Å². The Labute approximate surface area is 185 Å². The Morgan fingerprint density at radius 2 is 1.94 bits per heavy atom. The van der Waals surface area contributed by atoms with Gasteiger partial charge < -0.3 is 19.3 Å². The van der Waals surface area contributed by atoms with Crippen LogP contribution in [0, 0.1) is 0 Å². The minimum absolute atomic E-state index is 0.367. The highest BCUT2D eigenvalue weighted by Crippen LogP contribution is 2.39. The maximum absolute atomic E-state index is 11.2. The average Bonchev–Trinajstić information content (AvgIpc) is 3.44. The van der Waals surface area contributed by atoms with E-state index in [1.807, 2.05) is 18.2 Å². The third-order valence-corrected chi connectivity index (χ3v) is 6.03. The van der Waals surface area contributed by atoms with E-state index < -0.39 is 6.09 Å². The van der Waals surface area contributed by atoms with Crippen LogP contribution in [0.4, 0.5) is 4.79 Å². The first kappa shape index (κ1) is 20.1. The number of amides is 1. The van der Waals surface area contributed by atoms with Gasteiger partial charge in [0.05, 0.1) is 5.71 Å². The molecule has 1 aliphatic heterocycles. The Hall–Kier alpha value is -3.87. The number of benzene rings is 1. The molecular formula is C25H23N3O4. The zero-order valence-electron chi connectivity index (χ0n) is 17.7. The molecule has 7 heteroatoms. The van der Waals surface area contributed by atoms with Crippen LogP contribution in [0.3, 0.4) is 0 Å². The molecule has 0 saturated carbocycles. The molecule has 2 aliphatic rings. The van der Waals surface area contributed by atoms with Gasteiger partial charge in [-0.25, -0.2) is 4.79 Å². The van der Waals surface area contributed by atoms with Crippen molar-refractivity contribution >= 4 is 17.4 Å². The summed E-state index contributed by atoms with van der Waals surface area (Å²) in [6.07, 6.45) is 6.96. The predicted octanol–water partition coefficient (Wildman–Crippen LogP) is 5.07. The van der Waals surface area contributed by atoms with Crippen molar-refractivity contribution in [2.24, 2.45) is 5.16 Å². The molecule has 0 saturated heterocycles. The standard InChI is InChI=1S/C25H23N3O4/c1-31-27-22-5-3-18-14-19(2-4-20(18)22)21-15-23(16-8-12-28(13-9-16)25(29)30)32-24(21)17-6-10-26-11-7-17/h2,4,6-8,10-11,14-15H,3,5,9,12-13H2,1H3,(H,29,30). The van der Waals surface area contributed by atoms with E-state index in [1.54, 1.807) is 19.5 Å². The van der Waals surface area contributed by atoms with Crippen LogP contribution in [0.15, 0.2) is 64.4 Å². The Morgan fingerprint density at radius 3 is 2.66 bits per heavy atom. The number of furan rings is 1. The van der Waals surface area contributed by atoms with Gasteiger partial charge in [-0.15, -0.1) is 0 Å². The highest BCUT2D eigenvalue weighted by atomic mass is 16.6. The van der Waals surface area contributed by atoms with Gasteiger partial charge in [0, 0.05) is 42.2 Å². The molecule has 3 heterocycles. The minimum atomic E-state index is -0.896. The summed E-state index contributed by atoms with van der Waals surface area (Å²) in [7, 11) is 1.57. The van der Waals surface area contributed by atoms with Gasteiger partial charge in [0.1, 0.15) is 18.6 Å². The van der Waals surface area contributed by atoms with Crippen LogP contribution in [-0.2, 0) is 11.3 Å². The molecule has 1 aliphatic carbocycles. The van der Waals surface area contributed by atoms with Crippen molar-refractivity contribution in [1.82, 2.24) is 9.88 Å². The van der Waals surface area contributed by atoms with Crippen LogP contribution in [0.2, 0.25) is 0 Å². The Morgan fingerprint density at radius 1 is 1.09 bits per heavy atom. The van der Waals surface area contributed by atoms with Crippen LogP contribution in [0.1, 0.15) is 29.7 Å². The number of hydrogen-bond acceptors (Lipinski definition) is 5. The van der Waals surface area contributed by atoms with Gasteiger partial charge in [-0.3, -0.25) is 4.98 Å². The molecule has 0 spiro atoms. The molecule has 32 heavy (non-hydrogen) atoms. The summed E-state index contributed by atoms with van der Waals surface area (Å²) in [6.45, 7) is 0.827. The SMILES string of the molecule is CON=C1CCc2cc(-c3cc(C4=CCN(C(=O)O)CC4)oc3-c3ccncc3)ccc21. The smallest absolute Gasteiger partial charge is 0.407 e. The lowest BCUT2D eigenvalue weighted by Crippen LogP contribution is -2.33. The van der Waals surface area contributed by atoms with Crippen LogP contribution in [0.25, 0.3) is 28.0 Å². The second kappa shape index (κ2) is 8.34. The molecule has 0 unspecified atom stereocenters. The molecule has 1 N–H and O–H groups in total. The van der Waals surface area contributed by atoms with Crippen LogP contribution in [-0.4, -0.2) is 47.0 Å². The lowest BCUT2D eigenvalue weighted by molar-refractivity contribution is 0.150. The number of fused-ring (bicyclic) bond motifs is 1. The second-order valence-corrected chi connectivity index (χ2v) is 7.89. The number of aryl methyl sites for hydroxylation is 1. The Balaban J connectivity index is 1.57. The lowest BCUT2D eigenvalue weighted by atomic mass is 9.97. The summed E-state index contributed by atoms with van der Waals surface area (Å²) >= 11 is 0. The number of oxime groups is 1. The highest BCUT2D eigenvalue weighted by molar-refractivity contribution is 6.04. The Bertz CT molecular complexity index is 1230. The number of pyridine rings is 1. The fourth-order valence-electron chi connectivity index (χ4n) is 4.39. The number of rotatable bonds is 4. The first-order valence-electron chi connectivity index (χ1n) is 10.6. The maximum Gasteiger partial charge on any atom is 0.407 e. The maximum atomic E-state index is 11.2. The van der Waals surface area contributed by atoms with Gasteiger partial charge in [0.2, 0.25) is 0 Å². The third kappa shape index (κ3) is 3.66. The van der Waals surface area contributed by atoms with E-state index in [9.17, 15) is 9.90 Å².